The number of amides is 2. The minimum Gasteiger partial charge on any atom is -0.496 e. The monoisotopic (exact) mass is 413 g/mol. The van der Waals surface area contributed by atoms with Crippen LogP contribution in [0.1, 0.15) is 20.7 Å². The Morgan fingerprint density at radius 2 is 1.80 bits per heavy atom. The average Bonchev–Trinajstić information content (AvgIpc) is 2.73. The van der Waals surface area contributed by atoms with E-state index in [1.54, 1.807) is 0 Å². The predicted molar refractivity (Wildman–Crippen MR) is 106 cm³/mol. The molecule has 1 aromatic carbocycles. The molecule has 0 aliphatic heterocycles. The summed E-state index contributed by atoms with van der Waals surface area (Å²) in [6, 6.07) is 9.46. The standard InChI is InChI=1S/C20H17F2N5O3/c1-23-19(28)11-10-24-17(27-16-8-4-7-15(22)26-16)9-13(11)25-20(29)18-12(21)5-3-6-14(18)30-2/h3-10H,1-2H3,(H,23,28)(H2,24,25,26,27,29). The Morgan fingerprint density at radius 3 is 2.50 bits per heavy atom. The van der Waals surface area contributed by atoms with Gasteiger partial charge in [-0.1, -0.05) is 12.1 Å². The van der Waals surface area contributed by atoms with E-state index >= 15 is 0 Å². The summed E-state index contributed by atoms with van der Waals surface area (Å²) in [6.07, 6.45) is 1.22. The number of nitrogens with one attached hydrogen (secondary N) is 3. The van der Waals surface area contributed by atoms with Crippen molar-refractivity contribution < 1.29 is 23.1 Å². The minimum absolute atomic E-state index is 0.0327. The van der Waals surface area contributed by atoms with E-state index in [-0.39, 0.29) is 34.2 Å². The van der Waals surface area contributed by atoms with Crippen LogP contribution in [0.5, 0.6) is 5.75 Å². The molecule has 0 aliphatic rings. The highest BCUT2D eigenvalue weighted by Crippen LogP contribution is 2.25. The van der Waals surface area contributed by atoms with Crippen molar-refractivity contribution in [2.45, 2.75) is 0 Å². The molecule has 154 valence electrons. The fourth-order valence-corrected chi connectivity index (χ4v) is 2.63. The Balaban J connectivity index is 1.97. The zero-order chi connectivity index (χ0) is 21.7. The van der Waals surface area contributed by atoms with Crippen molar-refractivity contribution in [1.29, 1.82) is 0 Å². The maximum atomic E-state index is 14.2. The van der Waals surface area contributed by atoms with Crippen molar-refractivity contribution in [3.63, 3.8) is 0 Å². The highest BCUT2D eigenvalue weighted by molar-refractivity contribution is 6.10. The number of hydrogen-bond acceptors (Lipinski definition) is 6. The lowest BCUT2D eigenvalue weighted by Crippen LogP contribution is -2.22. The van der Waals surface area contributed by atoms with Gasteiger partial charge in [0.25, 0.3) is 11.8 Å². The summed E-state index contributed by atoms with van der Waals surface area (Å²) in [5, 5.41) is 7.71. The number of carbonyl (C=O) groups excluding carboxylic acids is 2. The van der Waals surface area contributed by atoms with Gasteiger partial charge in [0, 0.05) is 19.3 Å². The van der Waals surface area contributed by atoms with Crippen LogP contribution in [0.2, 0.25) is 0 Å². The first-order valence-electron chi connectivity index (χ1n) is 8.68. The van der Waals surface area contributed by atoms with Gasteiger partial charge in [-0.25, -0.2) is 14.4 Å². The lowest BCUT2D eigenvalue weighted by atomic mass is 10.1. The number of carbonyl (C=O) groups is 2. The van der Waals surface area contributed by atoms with Crippen LogP contribution in [-0.4, -0.2) is 35.9 Å². The van der Waals surface area contributed by atoms with Crippen LogP contribution in [0.25, 0.3) is 0 Å². The Morgan fingerprint density at radius 1 is 1.03 bits per heavy atom. The van der Waals surface area contributed by atoms with Gasteiger partial charge in [0.05, 0.1) is 18.4 Å². The van der Waals surface area contributed by atoms with Gasteiger partial charge in [0.15, 0.2) is 0 Å². The molecule has 8 nitrogen and oxygen atoms in total. The van der Waals surface area contributed by atoms with Crippen LogP contribution >= 0.6 is 0 Å². The quantitative estimate of drug-likeness (QED) is 0.537. The summed E-state index contributed by atoms with van der Waals surface area (Å²) in [7, 11) is 2.72. The molecule has 0 spiro atoms. The molecule has 30 heavy (non-hydrogen) atoms. The lowest BCUT2D eigenvalue weighted by molar-refractivity contribution is 0.0963. The maximum Gasteiger partial charge on any atom is 0.262 e. The van der Waals surface area contributed by atoms with E-state index in [1.807, 2.05) is 0 Å². The number of benzene rings is 1. The van der Waals surface area contributed by atoms with Crippen molar-refractivity contribution in [1.82, 2.24) is 15.3 Å². The van der Waals surface area contributed by atoms with Crippen molar-refractivity contribution >= 4 is 29.1 Å². The molecule has 0 fully saturated rings. The first-order valence-corrected chi connectivity index (χ1v) is 8.68. The minimum atomic E-state index is -0.823. The highest BCUT2D eigenvalue weighted by atomic mass is 19.1. The van der Waals surface area contributed by atoms with E-state index in [2.05, 4.69) is 25.9 Å². The van der Waals surface area contributed by atoms with E-state index < -0.39 is 23.6 Å². The normalized spacial score (nSPS) is 10.3. The molecule has 0 saturated carbocycles. The molecule has 2 aromatic heterocycles. The molecule has 0 saturated heterocycles. The first-order chi connectivity index (χ1) is 14.4. The van der Waals surface area contributed by atoms with Gasteiger partial charge in [-0.3, -0.25) is 9.59 Å². The average molecular weight is 413 g/mol. The van der Waals surface area contributed by atoms with Crippen molar-refractivity contribution in [2.75, 3.05) is 24.8 Å². The molecule has 0 atom stereocenters. The molecule has 2 heterocycles. The molecule has 10 heteroatoms. The van der Waals surface area contributed by atoms with E-state index in [0.717, 1.165) is 6.07 Å². The number of nitrogens with zero attached hydrogens (tertiary/aromatic N) is 2. The second kappa shape index (κ2) is 8.95. The molecular formula is C20H17F2N5O3. The number of ether oxygens (including phenoxy) is 1. The van der Waals surface area contributed by atoms with Crippen LogP contribution in [0, 0.1) is 11.8 Å². The summed E-state index contributed by atoms with van der Waals surface area (Å²) < 4.78 is 32.6. The van der Waals surface area contributed by atoms with Crippen molar-refractivity contribution in [2.24, 2.45) is 0 Å². The number of methoxy groups -OCH3 is 1. The predicted octanol–water partition coefficient (Wildman–Crippen LogP) is 3.12. The van der Waals surface area contributed by atoms with Crippen LogP contribution in [0.3, 0.4) is 0 Å². The third-order valence-corrected chi connectivity index (χ3v) is 4.02. The molecule has 3 aromatic rings. The molecule has 0 unspecified atom stereocenters. The number of aromatic nitrogens is 2. The molecule has 2 amide bonds. The Bertz CT molecular complexity index is 1110. The Labute approximate surface area is 170 Å². The number of hydrogen-bond donors (Lipinski definition) is 3. The van der Waals surface area contributed by atoms with Gasteiger partial charge >= 0.3 is 0 Å². The van der Waals surface area contributed by atoms with Gasteiger partial charge < -0.3 is 20.7 Å². The SMILES string of the molecule is CNC(=O)c1cnc(Nc2cccc(F)n2)cc1NC(=O)c1c(F)cccc1OC. The summed E-state index contributed by atoms with van der Waals surface area (Å²) >= 11 is 0. The van der Waals surface area contributed by atoms with Gasteiger partial charge in [0.1, 0.15) is 28.8 Å². The third-order valence-electron chi connectivity index (χ3n) is 4.02. The van der Waals surface area contributed by atoms with Gasteiger partial charge in [-0.05, 0) is 24.3 Å². The second-order valence-corrected chi connectivity index (χ2v) is 5.94. The largest absolute Gasteiger partial charge is 0.496 e. The summed E-state index contributed by atoms with van der Waals surface area (Å²) in [5.41, 5.74) is -0.224. The van der Waals surface area contributed by atoms with Crippen molar-refractivity contribution in [3.05, 3.63) is 71.6 Å². The topological polar surface area (TPSA) is 105 Å². The number of rotatable bonds is 6. The fraction of sp³-hybridized carbons (Fsp3) is 0.100. The highest BCUT2D eigenvalue weighted by Gasteiger charge is 2.21. The molecular weight excluding hydrogens is 396 g/mol. The Kier molecular flexibility index (Phi) is 6.16. The van der Waals surface area contributed by atoms with Gasteiger partial charge in [-0.2, -0.15) is 4.39 Å². The zero-order valence-corrected chi connectivity index (χ0v) is 16.0. The third kappa shape index (κ3) is 4.49. The van der Waals surface area contributed by atoms with E-state index in [0.29, 0.717) is 0 Å². The van der Waals surface area contributed by atoms with E-state index in [1.165, 1.54) is 56.8 Å². The van der Waals surface area contributed by atoms with Crippen molar-refractivity contribution in [3.8, 4) is 5.75 Å². The molecule has 3 rings (SSSR count). The molecule has 3 N–H and O–H groups in total. The smallest absolute Gasteiger partial charge is 0.262 e. The Hall–Kier alpha value is -4.08. The number of anilines is 3. The van der Waals surface area contributed by atoms with E-state index in [4.69, 9.17) is 4.74 Å². The fourth-order valence-electron chi connectivity index (χ4n) is 2.63. The van der Waals surface area contributed by atoms with E-state index in [9.17, 15) is 18.4 Å². The summed E-state index contributed by atoms with van der Waals surface area (Å²) in [5.74, 6) is -2.44. The van der Waals surface area contributed by atoms with Crippen LogP contribution < -0.4 is 20.7 Å². The molecule has 0 aliphatic carbocycles. The molecule has 0 bridgehead atoms. The zero-order valence-electron chi connectivity index (χ0n) is 16.0. The number of pyridine rings is 2. The van der Waals surface area contributed by atoms with Gasteiger partial charge in [-0.15, -0.1) is 0 Å². The first kappa shape index (κ1) is 20.6. The molecule has 0 radical (unpaired) electrons. The summed E-state index contributed by atoms with van der Waals surface area (Å²) in [6.45, 7) is 0. The lowest BCUT2D eigenvalue weighted by Gasteiger charge is -2.14. The van der Waals surface area contributed by atoms with Gasteiger partial charge in [0.2, 0.25) is 5.95 Å². The van der Waals surface area contributed by atoms with Crippen LogP contribution in [0.4, 0.5) is 26.1 Å². The van der Waals surface area contributed by atoms with Crippen LogP contribution in [0.15, 0.2) is 48.7 Å². The van der Waals surface area contributed by atoms with Crippen LogP contribution in [-0.2, 0) is 0 Å². The summed E-state index contributed by atoms with van der Waals surface area (Å²) in [4.78, 5) is 32.6. The number of halogens is 2. The maximum absolute atomic E-state index is 14.2. The second-order valence-electron chi connectivity index (χ2n) is 5.94.